The summed E-state index contributed by atoms with van der Waals surface area (Å²) in [6.45, 7) is 0. The van der Waals surface area contributed by atoms with Crippen LogP contribution >= 0.6 is 0 Å². The third kappa shape index (κ3) is 5.48. The van der Waals surface area contributed by atoms with Crippen molar-refractivity contribution in [3.05, 3.63) is 205 Å². The van der Waals surface area contributed by atoms with Crippen molar-refractivity contribution < 1.29 is 0 Å². The van der Waals surface area contributed by atoms with E-state index in [-0.39, 0.29) is 5.41 Å². The number of rotatable bonds is 5. The molecule has 12 rings (SSSR count). The van der Waals surface area contributed by atoms with Gasteiger partial charge in [0.25, 0.3) is 0 Å². The van der Waals surface area contributed by atoms with Crippen molar-refractivity contribution in [1.29, 1.82) is 0 Å². The zero-order chi connectivity index (χ0) is 39.6. The number of hydrogen-bond acceptors (Lipinski definition) is 2. The van der Waals surface area contributed by atoms with Crippen molar-refractivity contribution >= 4 is 32.3 Å². The zero-order valence-electron chi connectivity index (χ0n) is 33.4. The number of nitrogens with zero attached hydrogens (tertiary/aromatic N) is 2. The van der Waals surface area contributed by atoms with Gasteiger partial charge < -0.3 is 0 Å². The molecule has 1 saturated carbocycles. The smallest absolute Gasteiger partial charge is 0.160 e. The van der Waals surface area contributed by atoms with Crippen molar-refractivity contribution in [3.63, 3.8) is 0 Å². The molecule has 0 radical (unpaired) electrons. The van der Waals surface area contributed by atoms with E-state index in [9.17, 15) is 0 Å². The Kier molecular flexibility index (Phi) is 8.13. The Morgan fingerprint density at radius 3 is 1.58 bits per heavy atom. The van der Waals surface area contributed by atoms with Gasteiger partial charge in [-0.1, -0.05) is 189 Å². The second-order valence-corrected chi connectivity index (χ2v) is 16.7. The van der Waals surface area contributed by atoms with Crippen molar-refractivity contribution in [2.24, 2.45) is 0 Å². The molecule has 1 heterocycles. The summed E-state index contributed by atoms with van der Waals surface area (Å²) in [7, 11) is 0. The largest absolute Gasteiger partial charge is 0.228 e. The lowest BCUT2D eigenvalue weighted by Gasteiger charge is -2.36. The highest BCUT2D eigenvalue weighted by Gasteiger charge is 2.45. The lowest BCUT2D eigenvalue weighted by molar-refractivity contribution is 0.353. The summed E-state index contributed by atoms with van der Waals surface area (Å²) in [5.74, 6) is 0.716. The molecule has 2 nitrogen and oxygen atoms in total. The van der Waals surface area contributed by atoms with Crippen molar-refractivity contribution in [2.75, 3.05) is 0 Å². The van der Waals surface area contributed by atoms with E-state index >= 15 is 0 Å². The highest BCUT2D eigenvalue weighted by Crippen LogP contribution is 2.59. The third-order valence-corrected chi connectivity index (χ3v) is 13.4. The molecule has 2 aliphatic rings. The molecular weight excluding hydrogens is 725 g/mol. The van der Waals surface area contributed by atoms with Crippen LogP contribution in [0.4, 0.5) is 0 Å². The first-order valence-corrected chi connectivity index (χ1v) is 21.5. The molecule has 0 aliphatic heterocycles. The van der Waals surface area contributed by atoms with Gasteiger partial charge in [-0.15, -0.1) is 0 Å². The summed E-state index contributed by atoms with van der Waals surface area (Å²) >= 11 is 0. The molecule has 0 amide bonds. The fourth-order valence-corrected chi connectivity index (χ4v) is 10.8. The molecule has 0 atom stereocenters. The van der Waals surface area contributed by atoms with Gasteiger partial charge in [0.1, 0.15) is 0 Å². The Balaban J connectivity index is 1.13. The van der Waals surface area contributed by atoms with Gasteiger partial charge in [0, 0.05) is 22.1 Å². The molecule has 0 saturated heterocycles. The van der Waals surface area contributed by atoms with Crippen LogP contribution in [0.3, 0.4) is 0 Å². The van der Waals surface area contributed by atoms with Gasteiger partial charge in [0.05, 0.1) is 11.4 Å². The topological polar surface area (TPSA) is 25.8 Å². The molecule has 1 spiro atoms. The molecule has 1 fully saturated rings. The molecule has 10 aromatic rings. The SMILES string of the molecule is c1ccc(-c2cccc(-c3cc(-c4c5ccccc5c(-c5cccc6c5-c5cc7ccccc7cc5C65CCCCC5)c5ccccc45)nc(-c4ccccc4)n3)c2)cc1. The van der Waals surface area contributed by atoms with Crippen LogP contribution in [0.5, 0.6) is 0 Å². The molecule has 0 bridgehead atoms. The quantitative estimate of drug-likeness (QED) is 0.163. The summed E-state index contributed by atoms with van der Waals surface area (Å²) in [5, 5.41) is 7.49. The molecule has 1 aromatic heterocycles. The Labute approximate surface area is 350 Å². The van der Waals surface area contributed by atoms with Gasteiger partial charge in [-0.3, -0.25) is 0 Å². The van der Waals surface area contributed by atoms with Gasteiger partial charge in [0.2, 0.25) is 0 Å². The maximum atomic E-state index is 5.45. The Bertz CT molecular complexity index is 3230. The summed E-state index contributed by atoms with van der Waals surface area (Å²) in [6.07, 6.45) is 6.23. The minimum absolute atomic E-state index is 0.0392. The fraction of sp³-hybridized carbons (Fsp3) is 0.103. The molecule has 2 aliphatic carbocycles. The first-order valence-electron chi connectivity index (χ1n) is 21.5. The first-order chi connectivity index (χ1) is 29.7. The normalized spacial score (nSPS) is 14.1. The summed E-state index contributed by atoms with van der Waals surface area (Å²) in [6, 6.07) is 71.1. The van der Waals surface area contributed by atoms with Crippen LogP contribution in [-0.2, 0) is 5.41 Å². The van der Waals surface area contributed by atoms with E-state index < -0.39 is 0 Å². The predicted octanol–water partition coefficient (Wildman–Crippen LogP) is 15.5. The Morgan fingerprint density at radius 1 is 0.333 bits per heavy atom. The van der Waals surface area contributed by atoms with E-state index in [0.717, 1.165) is 33.6 Å². The molecular formula is C58H42N2. The summed E-state index contributed by atoms with van der Waals surface area (Å²) in [4.78, 5) is 10.7. The Morgan fingerprint density at radius 2 is 0.883 bits per heavy atom. The van der Waals surface area contributed by atoms with E-state index in [1.807, 2.05) is 0 Å². The third-order valence-electron chi connectivity index (χ3n) is 13.4. The lowest BCUT2D eigenvalue weighted by atomic mass is 9.67. The number of hydrogen-bond donors (Lipinski definition) is 0. The van der Waals surface area contributed by atoms with Gasteiger partial charge >= 0.3 is 0 Å². The Hall–Kier alpha value is -7.16. The average Bonchev–Trinajstić information content (AvgIpc) is 3.57. The summed E-state index contributed by atoms with van der Waals surface area (Å²) < 4.78 is 0. The van der Waals surface area contributed by atoms with Crippen LogP contribution in [0.1, 0.15) is 43.2 Å². The number of fused-ring (bicyclic) bond motifs is 8. The van der Waals surface area contributed by atoms with E-state index in [0.29, 0.717) is 5.82 Å². The lowest BCUT2D eigenvalue weighted by Crippen LogP contribution is -2.28. The van der Waals surface area contributed by atoms with Crippen LogP contribution < -0.4 is 0 Å². The molecule has 0 N–H and O–H groups in total. The highest BCUT2D eigenvalue weighted by atomic mass is 14.9. The van der Waals surface area contributed by atoms with Crippen LogP contribution in [0.15, 0.2) is 194 Å². The van der Waals surface area contributed by atoms with Crippen LogP contribution in [0.2, 0.25) is 0 Å². The molecule has 9 aromatic carbocycles. The molecule has 60 heavy (non-hydrogen) atoms. The molecule has 0 unspecified atom stereocenters. The van der Waals surface area contributed by atoms with Crippen molar-refractivity contribution in [2.45, 2.75) is 37.5 Å². The van der Waals surface area contributed by atoms with Crippen molar-refractivity contribution in [1.82, 2.24) is 9.97 Å². The minimum Gasteiger partial charge on any atom is -0.228 e. The molecule has 284 valence electrons. The fourth-order valence-electron chi connectivity index (χ4n) is 10.8. The van der Waals surface area contributed by atoms with E-state index in [1.54, 1.807) is 0 Å². The second kappa shape index (κ2) is 14.0. The minimum atomic E-state index is 0.0392. The van der Waals surface area contributed by atoms with Crippen molar-refractivity contribution in [3.8, 4) is 67.3 Å². The number of benzene rings is 9. The van der Waals surface area contributed by atoms with E-state index in [2.05, 4.69) is 194 Å². The second-order valence-electron chi connectivity index (χ2n) is 16.7. The van der Waals surface area contributed by atoms with Gasteiger partial charge in [-0.25, -0.2) is 9.97 Å². The zero-order valence-corrected chi connectivity index (χ0v) is 33.4. The maximum absolute atomic E-state index is 5.45. The highest BCUT2D eigenvalue weighted by molar-refractivity contribution is 6.22. The summed E-state index contributed by atoms with van der Waals surface area (Å²) in [5.41, 5.74) is 15.8. The first kappa shape index (κ1) is 34.8. The standard InChI is InChI=1S/C58H42N2/c1-4-18-38(19-5-1)40-24-16-25-43(34-40)52-37-53(60-57(59-52)39-20-6-2-7-21-39)56-46-28-12-10-26-44(46)54(45-27-11-13-29-47(45)56)48-30-17-31-50-55(48)49-35-41-22-8-9-23-42(41)36-51(49)58(50)32-14-3-15-33-58/h1-2,4-13,16-31,34-37H,3,14-15,32-33H2. The number of aromatic nitrogens is 2. The van der Waals surface area contributed by atoms with Gasteiger partial charge in [-0.2, -0.15) is 0 Å². The van der Waals surface area contributed by atoms with Gasteiger partial charge in [-0.05, 0) is 114 Å². The van der Waals surface area contributed by atoms with Crippen LogP contribution in [-0.4, -0.2) is 9.97 Å². The predicted molar refractivity (Wildman–Crippen MR) is 251 cm³/mol. The molecule has 2 heteroatoms. The van der Waals surface area contributed by atoms with Crippen LogP contribution in [0.25, 0.3) is 99.6 Å². The maximum Gasteiger partial charge on any atom is 0.160 e. The van der Waals surface area contributed by atoms with E-state index in [4.69, 9.17) is 9.97 Å². The van der Waals surface area contributed by atoms with E-state index in [1.165, 1.54) is 103 Å². The van der Waals surface area contributed by atoms with Crippen LogP contribution in [0, 0.1) is 0 Å². The average molecular weight is 767 g/mol. The van der Waals surface area contributed by atoms with Gasteiger partial charge in [0.15, 0.2) is 5.82 Å². The monoisotopic (exact) mass is 766 g/mol.